The number of aryl methyl sites for hydroxylation is 1. The maximum atomic E-state index is 11.8. The fourth-order valence-corrected chi connectivity index (χ4v) is 8.40. The molecular formula is C31H36N8O4S2. The van der Waals surface area contributed by atoms with Gasteiger partial charge in [-0.05, 0) is 32.3 Å². The second-order valence-corrected chi connectivity index (χ2v) is 14.6. The molecule has 7 rings (SSSR count). The van der Waals surface area contributed by atoms with Crippen LogP contribution in [0.25, 0.3) is 27.3 Å². The van der Waals surface area contributed by atoms with E-state index >= 15 is 0 Å². The molecule has 0 spiro atoms. The van der Waals surface area contributed by atoms with Gasteiger partial charge >= 0.3 is 0 Å². The molecule has 3 aliphatic heterocycles. The highest BCUT2D eigenvalue weighted by Crippen LogP contribution is 2.49. The van der Waals surface area contributed by atoms with E-state index in [1.165, 1.54) is 16.9 Å². The Morgan fingerprint density at radius 3 is 2.64 bits per heavy atom. The van der Waals surface area contributed by atoms with Crippen LogP contribution in [0, 0.1) is 6.92 Å². The van der Waals surface area contributed by atoms with E-state index in [1.807, 2.05) is 48.0 Å². The van der Waals surface area contributed by atoms with Crippen molar-refractivity contribution in [2.24, 2.45) is 15.2 Å². The molecule has 0 N–H and O–H groups in total. The van der Waals surface area contributed by atoms with Gasteiger partial charge in [0.05, 0.1) is 33.6 Å². The number of nitrogens with zero attached hydrogens (tertiary/aromatic N) is 8. The summed E-state index contributed by atoms with van der Waals surface area (Å²) in [5, 5.41) is 14.5. The lowest BCUT2D eigenvalue weighted by molar-refractivity contribution is -0.0305. The summed E-state index contributed by atoms with van der Waals surface area (Å²) in [6.07, 6.45) is 7.41. The van der Waals surface area contributed by atoms with Crippen LogP contribution in [0.1, 0.15) is 29.8 Å². The molecule has 0 saturated carbocycles. The second-order valence-electron chi connectivity index (χ2n) is 11.6. The molecule has 14 heteroatoms. The van der Waals surface area contributed by atoms with Crippen LogP contribution in [0.15, 0.2) is 63.9 Å². The minimum Gasteiger partial charge on any atom is -0.492 e. The van der Waals surface area contributed by atoms with E-state index in [-0.39, 0.29) is 6.10 Å². The highest BCUT2D eigenvalue weighted by molar-refractivity contribution is 7.88. The zero-order chi connectivity index (χ0) is 31.0. The number of piperazine rings is 1. The lowest BCUT2D eigenvalue weighted by Gasteiger charge is -2.33. The number of aliphatic imine (C=N–C) groups is 1. The van der Waals surface area contributed by atoms with Crippen LogP contribution in [0.3, 0.4) is 0 Å². The number of benzene rings is 1. The Hall–Kier alpha value is -3.56. The standard InChI is InChI=1S/C31H36N8O4S2/c1-22-27(25-20-24(11-12-39(25)35-22)42-19-17-37-13-15-38(16-14-37)45(2,40)41)30-34-28(23-8-4-3-5-9-23)29(44-30)31(32-21-33-36-31)26-10-6-7-18-43-26/h3-5,8-9,11-12,20-21,26H,6-7,10,13-19H2,1-2H3. The van der Waals surface area contributed by atoms with Crippen LogP contribution in [0.5, 0.6) is 5.75 Å². The summed E-state index contributed by atoms with van der Waals surface area (Å²) in [5.41, 5.74) is 3.52. The van der Waals surface area contributed by atoms with Gasteiger partial charge in [0.2, 0.25) is 15.7 Å². The van der Waals surface area contributed by atoms with Crippen molar-refractivity contribution in [1.82, 2.24) is 23.8 Å². The number of ether oxygens (including phenoxy) is 2. The van der Waals surface area contributed by atoms with Gasteiger partial charge in [-0.25, -0.2) is 22.9 Å². The minimum absolute atomic E-state index is 0.219. The maximum absolute atomic E-state index is 11.8. The van der Waals surface area contributed by atoms with Crippen LogP contribution >= 0.6 is 11.3 Å². The Morgan fingerprint density at radius 2 is 1.93 bits per heavy atom. The number of hydrogen-bond donors (Lipinski definition) is 0. The van der Waals surface area contributed by atoms with Crippen molar-refractivity contribution in [3.8, 4) is 27.6 Å². The fourth-order valence-electron chi connectivity index (χ4n) is 6.25. The molecule has 2 saturated heterocycles. The number of sulfonamides is 1. The molecule has 3 aromatic heterocycles. The third-order valence-corrected chi connectivity index (χ3v) is 11.1. The van der Waals surface area contributed by atoms with Gasteiger partial charge in [0.25, 0.3) is 0 Å². The summed E-state index contributed by atoms with van der Waals surface area (Å²) in [6.45, 7) is 6.26. The van der Waals surface area contributed by atoms with Crippen molar-refractivity contribution in [1.29, 1.82) is 0 Å². The molecule has 0 amide bonds. The molecule has 12 nitrogen and oxygen atoms in total. The molecule has 0 bridgehead atoms. The molecule has 6 heterocycles. The summed E-state index contributed by atoms with van der Waals surface area (Å²) >= 11 is 1.57. The minimum atomic E-state index is -3.15. The highest BCUT2D eigenvalue weighted by Gasteiger charge is 2.48. The first-order valence-corrected chi connectivity index (χ1v) is 17.9. The summed E-state index contributed by atoms with van der Waals surface area (Å²) in [4.78, 5) is 13.2. The van der Waals surface area contributed by atoms with E-state index in [0.29, 0.717) is 45.9 Å². The van der Waals surface area contributed by atoms with E-state index in [2.05, 4.69) is 22.1 Å². The molecule has 4 aromatic rings. The van der Waals surface area contributed by atoms with Gasteiger partial charge in [0, 0.05) is 57.2 Å². The Bertz CT molecular complexity index is 1830. The third kappa shape index (κ3) is 5.92. The van der Waals surface area contributed by atoms with Crippen LogP contribution in [-0.4, -0.2) is 96.9 Å². The van der Waals surface area contributed by atoms with E-state index < -0.39 is 15.7 Å². The molecule has 0 aliphatic carbocycles. The van der Waals surface area contributed by atoms with Crippen molar-refractivity contribution in [3.05, 3.63) is 59.2 Å². The zero-order valence-electron chi connectivity index (χ0n) is 25.4. The molecule has 2 atom stereocenters. The topological polar surface area (TPSA) is 126 Å². The normalized spacial score (nSPS) is 22.8. The Labute approximate surface area is 266 Å². The van der Waals surface area contributed by atoms with E-state index in [9.17, 15) is 8.42 Å². The molecule has 1 aromatic carbocycles. The molecule has 2 unspecified atom stereocenters. The molecule has 236 valence electrons. The molecule has 3 aliphatic rings. The van der Waals surface area contributed by atoms with Gasteiger partial charge in [-0.15, -0.1) is 21.6 Å². The van der Waals surface area contributed by atoms with E-state index in [4.69, 9.17) is 29.7 Å². The summed E-state index contributed by atoms with van der Waals surface area (Å²) in [7, 11) is -3.15. The lowest BCUT2D eigenvalue weighted by atomic mass is 9.93. The van der Waals surface area contributed by atoms with Gasteiger partial charge in [-0.3, -0.25) is 4.90 Å². The van der Waals surface area contributed by atoms with Crippen LogP contribution < -0.4 is 4.74 Å². The largest absolute Gasteiger partial charge is 0.492 e. The van der Waals surface area contributed by atoms with Gasteiger partial charge < -0.3 is 9.47 Å². The van der Waals surface area contributed by atoms with Crippen molar-refractivity contribution in [2.45, 2.75) is 38.0 Å². The SMILES string of the molecule is Cc1nn2ccc(OCCN3CCN(S(C)(=O)=O)CC3)cc2c1-c1nc(-c2ccccc2)c(C2(C3CCCCO3)N=CN=N2)s1. The monoisotopic (exact) mass is 648 g/mol. The van der Waals surface area contributed by atoms with Crippen LogP contribution in [0.2, 0.25) is 0 Å². The van der Waals surface area contributed by atoms with Gasteiger partial charge in [0.15, 0.2) is 0 Å². The number of hydrogen-bond acceptors (Lipinski definition) is 11. The fraction of sp³-hybridized carbons (Fsp3) is 0.452. The molecule has 45 heavy (non-hydrogen) atoms. The van der Waals surface area contributed by atoms with Crippen LogP contribution in [-0.2, 0) is 20.4 Å². The van der Waals surface area contributed by atoms with Gasteiger partial charge in [-0.2, -0.15) is 9.40 Å². The smallest absolute Gasteiger partial charge is 0.234 e. The highest BCUT2D eigenvalue weighted by atomic mass is 32.2. The lowest BCUT2D eigenvalue weighted by Crippen LogP contribution is -2.49. The predicted octanol–water partition coefficient (Wildman–Crippen LogP) is 4.61. The Balaban J connectivity index is 1.19. The quantitative estimate of drug-likeness (QED) is 0.260. The number of pyridine rings is 1. The first-order valence-electron chi connectivity index (χ1n) is 15.3. The van der Waals surface area contributed by atoms with Gasteiger partial charge in [0.1, 0.15) is 29.8 Å². The summed E-state index contributed by atoms with van der Waals surface area (Å²) in [6, 6.07) is 14.1. The van der Waals surface area contributed by atoms with Crippen LogP contribution in [0.4, 0.5) is 0 Å². The third-order valence-electron chi connectivity index (χ3n) is 8.63. The Morgan fingerprint density at radius 1 is 1.11 bits per heavy atom. The number of fused-ring (bicyclic) bond motifs is 1. The van der Waals surface area contributed by atoms with Gasteiger partial charge in [-0.1, -0.05) is 30.3 Å². The molecule has 0 radical (unpaired) electrons. The molecular weight excluding hydrogens is 613 g/mol. The zero-order valence-corrected chi connectivity index (χ0v) is 27.0. The van der Waals surface area contributed by atoms with Crippen molar-refractivity contribution in [3.63, 3.8) is 0 Å². The number of thiazole rings is 1. The Kier molecular flexibility index (Phi) is 8.25. The van der Waals surface area contributed by atoms with Crippen molar-refractivity contribution < 1.29 is 17.9 Å². The first-order chi connectivity index (χ1) is 21.8. The number of rotatable bonds is 9. The summed E-state index contributed by atoms with van der Waals surface area (Å²) in [5.74, 6) is 0.736. The average molecular weight is 649 g/mol. The average Bonchev–Trinajstić information content (AvgIpc) is 3.79. The number of aromatic nitrogens is 3. The van der Waals surface area contributed by atoms with E-state index in [1.54, 1.807) is 11.3 Å². The number of azo groups is 1. The van der Waals surface area contributed by atoms with Crippen molar-refractivity contribution in [2.75, 3.05) is 52.2 Å². The van der Waals surface area contributed by atoms with Crippen molar-refractivity contribution >= 4 is 33.2 Å². The second kappa shape index (κ2) is 12.3. The maximum Gasteiger partial charge on any atom is 0.234 e. The predicted molar refractivity (Wildman–Crippen MR) is 173 cm³/mol. The summed E-state index contributed by atoms with van der Waals surface area (Å²) < 4.78 is 39.5. The molecule has 2 fully saturated rings. The first kappa shape index (κ1) is 30.1. The van der Waals surface area contributed by atoms with E-state index in [0.717, 1.165) is 62.9 Å².